The zero-order valence-corrected chi connectivity index (χ0v) is 12.0. The number of anilines is 1. The van der Waals surface area contributed by atoms with Crippen molar-refractivity contribution < 1.29 is 9.50 Å². The van der Waals surface area contributed by atoms with E-state index in [0.717, 1.165) is 0 Å². The van der Waals surface area contributed by atoms with E-state index in [1.807, 2.05) is 29.3 Å². The fourth-order valence-electron chi connectivity index (χ4n) is 2.14. The van der Waals surface area contributed by atoms with Gasteiger partial charge in [-0.25, -0.2) is 4.39 Å². The summed E-state index contributed by atoms with van der Waals surface area (Å²) in [5.74, 6) is -0.281. The molecule has 0 aliphatic heterocycles. The maximum atomic E-state index is 14.1. The molecule has 0 amide bonds. The van der Waals surface area contributed by atoms with Crippen molar-refractivity contribution in [2.75, 3.05) is 11.4 Å². The largest absolute Gasteiger partial charge is 0.389 e. The molecule has 2 nitrogen and oxygen atoms in total. The van der Waals surface area contributed by atoms with Crippen molar-refractivity contribution in [1.82, 2.24) is 0 Å². The lowest BCUT2D eigenvalue weighted by molar-refractivity contribution is 0.199. The zero-order valence-electron chi connectivity index (χ0n) is 11.1. The van der Waals surface area contributed by atoms with E-state index >= 15 is 0 Å². The summed E-state index contributed by atoms with van der Waals surface area (Å²) in [5.41, 5.74) is 1.15. The second kappa shape index (κ2) is 6.17. The first kappa shape index (κ1) is 14.0. The van der Waals surface area contributed by atoms with Crippen molar-refractivity contribution in [3.63, 3.8) is 0 Å². The highest BCUT2D eigenvalue weighted by Crippen LogP contribution is 2.30. The van der Waals surface area contributed by atoms with Gasteiger partial charge in [0.05, 0.1) is 18.3 Å². The minimum atomic E-state index is -0.678. The van der Waals surface area contributed by atoms with Gasteiger partial charge in [-0.3, -0.25) is 0 Å². The molecule has 4 heteroatoms. The molecule has 0 bridgehead atoms. The lowest BCUT2D eigenvalue weighted by atomic mass is 10.1. The van der Waals surface area contributed by atoms with Gasteiger partial charge in [0.2, 0.25) is 0 Å². The highest BCUT2D eigenvalue weighted by atomic mass is 32.1. The van der Waals surface area contributed by atoms with Crippen LogP contribution in [0, 0.1) is 5.82 Å². The van der Waals surface area contributed by atoms with Crippen LogP contribution in [-0.2, 0) is 6.54 Å². The van der Waals surface area contributed by atoms with Crippen LogP contribution in [0.1, 0.15) is 30.4 Å². The lowest BCUT2D eigenvalue weighted by Crippen LogP contribution is -2.24. The standard InChI is InChI=1S/C15H18FNOS/c1-3-17(10-12-6-5-9-19-12)15-13(11(2)18)7-4-8-14(15)16/h4-9,11,18H,3,10H2,1-2H3/t11-/m0/s1. The molecule has 1 aromatic heterocycles. The van der Waals surface area contributed by atoms with Crippen LogP contribution in [0.3, 0.4) is 0 Å². The molecule has 2 aromatic rings. The quantitative estimate of drug-likeness (QED) is 0.895. The van der Waals surface area contributed by atoms with Crippen LogP contribution < -0.4 is 4.90 Å². The van der Waals surface area contributed by atoms with E-state index in [1.54, 1.807) is 30.4 Å². The Balaban J connectivity index is 2.37. The maximum absolute atomic E-state index is 14.1. The van der Waals surface area contributed by atoms with E-state index in [-0.39, 0.29) is 5.82 Å². The van der Waals surface area contributed by atoms with Gasteiger partial charge in [0.25, 0.3) is 0 Å². The second-order valence-electron chi connectivity index (χ2n) is 4.45. The second-order valence-corrected chi connectivity index (χ2v) is 5.48. The number of halogens is 1. The van der Waals surface area contributed by atoms with E-state index < -0.39 is 6.10 Å². The van der Waals surface area contributed by atoms with Crippen LogP contribution in [-0.4, -0.2) is 11.7 Å². The highest BCUT2D eigenvalue weighted by molar-refractivity contribution is 7.09. The lowest BCUT2D eigenvalue weighted by Gasteiger charge is -2.26. The molecule has 0 fully saturated rings. The molecule has 1 heterocycles. The number of nitrogens with zero attached hydrogens (tertiary/aromatic N) is 1. The van der Waals surface area contributed by atoms with Crippen molar-refractivity contribution in [1.29, 1.82) is 0 Å². The number of benzene rings is 1. The topological polar surface area (TPSA) is 23.5 Å². The van der Waals surface area contributed by atoms with Crippen LogP contribution in [0.2, 0.25) is 0 Å². The first-order valence-corrected chi connectivity index (χ1v) is 7.25. The van der Waals surface area contributed by atoms with E-state index in [2.05, 4.69) is 0 Å². The van der Waals surface area contributed by atoms with Gasteiger partial charge >= 0.3 is 0 Å². The van der Waals surface area contributed by atoms with Gasteiger partial charge in [-0.15, -0.1) is 11.3 Å². The number of para-hydroxylation sites is 1. The average molecular weight is 279 g/mol. The summed E-state index contributed by atoms with van der Waals surface area (Å²) in [6, 6.07) is 8.89. The SMILES string of the molecule is CCN(Cc1cccs1)c1c(F)cccc1[C@H](C)O. The third kappa shape index (κ3) is 3.14. The summed E-state index contributed by atoms with van der Waals surface area (Å²) in [7, 11) is 0. The minimum Gasteiger partial charge on any atom is -0.389 e. The molecule has 0 saturated heterocycles. The van der Waals surface area contributed by atoms with Crippen LogP contribution in [0.25, 0.3) is 0 Å². The Bertz CT molecular complexity index is 525. The van der Waals surface area contributed by atoms with Crippen LogP contribution in [0.15, 0.2) is 35.7 Å². The predicted octanol–water partition coefficient (Wildman–Crippen LogP) is 3.97. The van der Waals surface area contributed by atoms with E-state index in [0.29, 0.717) is 24.3 Å². The first-order valence-electron chi connectivity index (χ1n) is 6.37. The maximum Gasteiger partial charge on any atom is 0.146 e. The summed E-state index contributed by atoms with van der Waals surface area (Å²) in [6.07, 6.45) is -0.678. The fraction of sp³-hybridized carbons (Fsp3) is 0.333. The Labute approximate surface area is 117 Å². The Kier molecular flexibility index (Phi) is 4.56. The first-order chi connectivity index (χ1) is 9.13. The van der Waals surface area contributed by atoms with E-state index in [4.69, 9.17) is 0 Å². The molecule has 0 radical (unpaired) electrons. The molecular formula is C15H18FNOS. The third-order valence-electron chi connectivity index (χ3n) is 3.09. The molecular weight excluding hydrogens is 261 g/mol. The van der Waals surface area contributed by atoms with Gasteiger partial charge in [0.1, 0.15) is 5.82 Å². The number of hydrogen-bond acceptors (Lipinski definition) is 3. The fourth-order valence-corrected chi connectivity index (χ4v) is 2.86. The van der Waals surface area contributed by atoms with E-state index in [1.165, 1.54) is 10.9 Å². The van der Waals surface area contributed by atoms with Crippen molar-refractivity contribution >= 4 is 17.0 Å². The Morgan fingerprint density at radius 3 is 2.68 bits per heavy atom. The molecule has 0 aliphatic rings. The monoisotopic (exact) mass is 279 g/mol. The smallest absolute Gasteiger partial charge is 0.146 e. The van der Waals surface area contributed by atoms with Crippen LogP contribution in [0.5, 0.6) is 0 Å². The molecule has 1 atom stereocenters. The molecule has 1 aromatic carbocycles. The summed E-state index contributed by atoms with van der Waals surface area (Å²) in [6.45, 7) is 5.01. The van der Waals surface area contributed by atoms with E-state index in [9.17, 15) is 9.50 Å². The highest BCUT2D eigenvalue weighted by Gasteiger charge is 2.18. The number of hydrogen-bond donors (Lipinski definition) is 1. The summed E-state index contributed by atoms with van der Waals surface area (Å²) < 4.78 is 14.1. The molecule has 0 saturated carbocycles. The van der Waals surface area contributed by atoms with Crippen molar-refractivity contribution in [2.24, 2.45) is 0 Å². The zero-order chi connectivity index (χ0) is 13.8. The van der Waals surface area contributed by atoms with Gasteiger partial charge in [-0.1, -0.05) is 18.2 Å². The van der Waals surface area contributed by atoms with Crippen LogP contribution >= 0.6 is 11.3 Å². The predicted molar refractivity (Wildman–Crippen MR) is 78.1 cm³/mol. The molecule has 0 aliphatic carbocycles. The molecule has 0 spiro atoms. The molecule has 102 valence electrons. The summed E-state index contributed by atoms with van der Waals surface area (Å²) in [5, 5.41) is 11.8. The van der Waals surface area contributed by atoms with Crippen molar-refractivity contribution in [3.05, 3.63) is 52.0 Å². The molecule has 0 unspecified atom stereocenters. The minimum absolute atomic E-state index is 0.281. The normalized spacial score (nSPS) is 12.4. The van der Waals surface area contributed by atoms with Gasteiger partial charge in [-0.2, -0.15) is 0 Å². The molecule has 1 N–H and O–H groups in total. The number of rotatable bonds is 5. The number of aliphatic hydroxyl groups is 1. The van der Waals surface area contributed by atoms with Gasteiger partial charge < -0.3 is 10.0 Å². The van der Waals surface area contributed by atoms with Crippen LogP contribution in [0.4, 0.5) is 10.1 Å². The van der Waals surface area contributed by atoms with Crippen molar-refractivity contribution in [2.45, 2.75) is 26.5 Å². The van der Waals surface area contributed by atoms with Crippen molar-refractivity contribution in [3.8, 4) is 0 Å². The Hall–Kier alpha value is -1.39. The van der Waals surface area contributed by atoms with Gasteiger partial charge in [0, 0.05) is 17.0 Å². The van der Waals surface area contributed by atoms with Gasteiger partial charge in [-0.05, 0) is 31.4 Å². The summed E-state index contributed by atoms with van der Waals surface area (Å²) in [4.78, 5) is 3.14. The third-order valence-corrected chi connectivity index (χ3v) is 3.95. The number of aliphatic hydroxyl groups excluding tert-OH is 1. The average Bonchev–Trinajstić information content (AvgIpc) is 2.89. The molecule has 19 heavy (non-hydrogen) atoms. The number of thiophene rings is 1. The summed E-state index contributed by atoms with van der Waals surface area (Å²) >= 11 is 1.65. The molecule has 2 rings (SSSR count). The van der Waals surface area contributed by atoms with Gasteiger partial charge in [0.15, 0.2) is 0 Å². The Morgan fingerprint density at radius 2 is 2.11 bits per heavy atom. The Morgan fingerprint density at radius 1 is 1.32 bits per heavy atom.